The first-order valence-corrected chi connectivity index (χ1v) is 4.91. The Morgan fingerprint density at radius 1 is 1.31 bits per heavy atom. The Morgan fingerprint density at radius 3 is 2.15 bits per heavy atom. The Balaban J connectivity index is 3.89. The highest BCUT2D eigenvalue weighted by Crippen LogP contribution is 2.06. The molecule has 0 N–H and O–H groups in total. The van der Waals surface area contributed by atoms with Crippen molar-refractivity contribution in [3.05, 3.63) is 0 Å². The lowest BCUT2D eigenvalue weighted by Crippen LogP contribution is -2.44. The van der Waals surface area contributed by atoms with Crippen molar-refractivity contribution in [3.8, 4) is 0 Å². The number of nitrogens with zero attached hydrogens (tertiary/aromatic N) is 1. The summed E-state index contributed by atoms with van der Waals surface area (Å²) in [7, 11) is 6.13. The molecule has 0 aromatic heterocycles. The van der Waals surface area contributed by atoms with Gasteiger partial charge in [-0.3, -0.25) is 0 Å². The average Bonchev–Trinajstić information content (AvgIpc) is 2.00. The number of rotatable bonds is 6. The van der Waals surface area contributed by atoms with Gasteiger partial charge in [-0.1, -0.05) is 6.92 Å². The summed E-state index contributed by atoms with van der Waals surface area (Å²) >= 11 is 0. The van der Waals surface area contributed by atoms with Crippen LogP contribution in [0.25, 0.3) is 0 Å². The number of hydrogen-bond donors (Lipinski definition) is 0. The average molecular weight is 192 g/mol. The van der Waals surface area contributed by atoms with Crippen molar-refractivity contribution < 1.29 is 13.6 Å². The minimum absolute atomic E-state index is 0.160. The van der Waals surface area contributed by atoms with Crippen LogP contribution < -0.4 is 0 Å². The van der Waals surface area contributed by atoms with Crippen molar-refractivity contribution in [1.29, 1.82) is 0 Å². The largest absolute Gasteiger partial charge is 0.367 e. The lowest BCUT2D eigenvalue weighted by molar-refractivity contribution is -0.873. The van der Waals surface area contributed by atoms with Crippen molar-refractivity contribution >= 4 is 0 Å². The van der Waals surface area contributed by atoms with Gasteiger partial charge in [-0.15, -0.1) is 0 Å². The molecule has 0 aliphatic carbocycles. The van der Waals surface area contributed by atoms with Crippen LogP contribution in [0.1, 0.15) is 20.3 Å². The topological polar surface area (TPSA) is 9.23 Å². The van der Waals surface area contributed by atoms with Crippen molar-refractivity contribution in [2.45, 2.75) is 32.5 Å². The third kappa shape index (κ3) is 6.96. The van der Waals surface area contributed by atoms with E-state index in [1.807, 2.05) is 35.0 Å². The monoisotopic (exact) mass is 192 g/mol. The molecule has 80 valence electrons. The van der Waals surface area contributed by atoms with Crippen LogP contribution in [0.4, 0.5) is 4.39 Å². The molecular weight excluding hydrogens is 169 g/mol. The molecule has 0 saturated heterocycles. The summed E-state index contributed by atoms with van der Waals surface area (Å²) in [6.07, 6.45) is 0.843. The molecule has 0 aliphatic rings. The van der Waals surface area contributed by atoms with Crippen molar-refractivity contribution in [1.82, 2.24) is 0 Å². The fourth-order valence-corrected chi connectivity index (χ4v) is 1.16. The van der Waals surface area contributed by atoms with Crippen molar-refractivity contribution in [2.75, 3.05) is 34.4 Å². The maximum Gasteiger partial charge on any atom is 0.135 e. The number of halogens is 1. The van der Waals surface area contributed by atoms with Crippen LogP contribution in [0, 0.1) is 0 Å². The third-order valence-corrected chi connectivity index (χ3v) is 1.92. The molecule has 0 heterocycles. The summed E-state index contributed by atoms with van der Waals surface area (Å²) in [5.41, 5.74) is 0. The Hall–Kier alpha value is -0.150. The molecule has 0 spiro atoms. The normalized spacial score (nSPS) is 17.1. The zero-order valence-corrected chi connectivity index (χ0v) is 9.51. The molecule has 0 aromatic carbocycles. The SMILES string of the molecule is CCC(C)OC(CF)C[N+](C)(C)C. The number of ether oxygens (including phenoxy) is 1. The number of quaternary nitrogens is 1. The molecule has 0 amide bonds. The maximum absolute atomic E-state index is 12.5. The van der Waals surface area contributed by atoms with Gasteiger partial charge in [0.1, 0.15) is 19.3 Å². The van der Waals surface area contributed by atoms with Crippen LogP contribution in [-0.4, -0.2) is 51.1 Å². The zero-order chi connectivity index (χ0) is 10.5. The van der Waals surface area contributed by atoms with Gasteiger partial charge >= 0.3 is 0 Å². The number of likely N-dealkylation sites (N-methyl/N-ethyl adjacent to an activating group) is 1. The molecule has 13 heavy (non-hydrogen) atoms. The lowest BCUT2D eigenvalue weighted by Gasteiger charge is -2.29. The summed E-state index contributed by atoms with van der Waals surface area (Å²) in [4.78, 5) is 0. The molecule has 2 unspecified atom stereocenters. The quantitative estimate of drug-likeness (QED) is 0.584. The van der Waals surface area contributed by atoms with Gasteiger partial charge in [0.15, 0.2) is 0 Å². The van der Waals surface area contributed by atoms with E-state index in [4.69, 9.17) is 4.74 Å². The lowest BCUT2D eigenvalue weighted by atomic mass is 10.3. The molecule has 0 fully saturated rings. The highest BCUT2D eigenvalue weighted by atomic mass is 19.1. The molecule has 0 bridgehead atoms. The highest BCUT2D eigenvalue weighted by molar-refractivity contribution is 4.57. The van der Waals surface area contributed by atoms with E-state index in [2.05, 4.69) is 0 Å². The first-order chi connectivity index (χ1) is 5.89. The van der Waals surface area contributed by atoms with E-state index in [0.717, 1.165) is 17.4 Å². The fraction of sp³-hybridized carbons (Fsp3) is 1.00. The van der Waals surface area contributed by atoms with Gasteiger partial charge in [-0.2, -0.15) is 0 Å². The van der Waals surface area contributed by atoms with E-state index in [9.17, 15) is 4.39 Å². The molecule has 0 rings (SSSR count). The van der Waals surface area contributed by atoms with Crippen molar-refractivity contribution in [2.24, 2.45) is 0 Å². The van der Waals surface area contributed by atoms with Gasteiger partial charge in [-0.05, 0) is 13.3 Å². The molecule has 0 aliphatic heterocycles. The second-order valence-electron chi connectivity index (χ2n) is 4.60. The van der Waals surface area contributed by atoms with Crippen LogP contribution in [0.2, 0.25) is 0 Å². The minimum Gasteiger partial charge on any atom is -0.367 e. The predicted molar refractivity (Wildman–Crippen MR) is 53.5 cm³/mol. The van der Waals surface area contributed by atoms with Crippen LogP contribution in [-0.2, 0) is 4.74 Å². The van der Waals surface area contributed by atoms with E-state index in [0.29, 0.717) is 0 Å². The standard InChI is InChI=1S/C10H23FNO/c1-6-9(2)13-10(7-11)8-12(3,4)5/h9-10H,6-8H2,1-5H3/q+1. The maximum atomic E-state index is 12.5. The molecule has 0 radical (unpaired) electrons. The van der Waals surface area contributed by atoms with Crippen LogP contribution in [0.3, 0.4) is 0 Å². The van der Waals surface area contributed by atoms with Gasteiger partial charge in [0.2, 0.25) is 0 Å². The van der Waals surface area contributed by atoms with Gasteiger partial charge in [0, 0.05) is 0 Å². The first kappa shape index (κ1) is 12.8. The smallest absolute Gasteiger partial charge is 0.135 e. The third-order valence-electron chi connectivity index (χ3n) is 1.92. The minimum atomic E-state index is -0.389. The van der Waals surface area contributed by atoms with E-state index >= 15 is 0 Å². The summed E-state index contributed by atoms with van der Waals surface area (Å²) < 4.78 is 18.8. The second kappa shape index (κ2) is 5.55. The Bertz CT molecular complexity index is 133. The van der Waals surface area contributed by atoms with Crippen LogP contribution in [0.5, 0.6) is 0 Å². The van der Waals surface area contributed by atoms with Gasteiger partial charge < -0.3 is 9.22 Å². The first-order valence-electron chi connectivity index (χ1n) is 4.91. The Kier molecular flexibility index (Phi) is 5.49. The van der Waals surface area contributed by atoms with Gasteiger partial charge in [-0.25, -0.2) is 4.39 Å². The Labute approximate surface area is 81.3 Å². The molecule has 0 saturated carbocycles. The van der Waals surface area contributed by atoms with Crippen LogP contribution in [0.15, 0.2) is 0 Å². The molecule has 3 heteroatoms. The second-order valence-corrected chi connectivity index (χ2v) is 4.60. The van der Waals surface area contributed by atoms with E-state index < -0.39 is 0 Å². The molecular formula is C10H23FNO+. The summed E-state index contributed by atoms with van der Waals surface area (Å²) in [6, 6.07) is 0. The molecule has 0 aromatic rings. The Morgan fingerprint density at radius 2 is 1.85 bits per heavy atom. The zero-order valence-electron chi connectivity index (χ0n) is 9.51. The predicted octanol–water partition coefficient (Wildman–Crippen LogP) is 1.85. The fourth-order valence-electron chi connectivity index (χ4n) is 1.16. The molecule has 2 nitrogen and oxygen atoms in total. The van der Waals surface area contributed by atoms with Gasteiger partial charge in [0.25, 0.3) is 0 Å². The van der Waals surface area contributed by atoms with E-state index in [-0.39, 0.29) is 18.9 Å². The van der Waals surface area contributed by atoms with Gasteiger partial charge in [0.05, 0.1) is 27.2 Å². The summed E-state index contributed by atoms with van der Waals surface area (Å²) in [5.74, 6) is 0. The van der Waals surface area contributed by atoms with Crippen LogP contribution >= 0.6 is 0 Å². The number of hydrogen-bond acceptors (Lipinski definition) is 1. The highest BCUT2D eigenvalue weighted by Gasteiger charge is 2.20. The van der Waals surface area contributed by atoms with Crippen molar-refractivity contribution in [3.63, 3.8) is 0 Å². The van der Waals surface area contributed by atoms with E-state index in [1.54, 1.807) is 0 Å². The summed E-state index contributed by atoms with van der Waals surface area (Å²) in [5, 5.41) is 0. The number of alkyl halides is 1. The summed E-state index contributed by atoms with van der Waals surface area (Å²) in [6.45, 7) is 4.37. The molecule has 2 atom stereocenters. The van der Waals surface area contributed by atoms with E-state index in [1.165, 1.54) is 0 Å².